The molecule has 1 aliphatic rings. The van der Waals surface area contributed by atoms with Gasteiger partial charge in [0.25, 0.3) is 0 Å². The maximum Gasteiger partial charge on any atom is 0.0568 e. The summed E-state index contributed by atoms with van der Waals surface area (Å²) in [7, 11) is 0. The van der Waals surface area contributed by atoms with Crippen molar-refractivity contribution in [2.45, 2.75) is 25.7 Å². The van der Waals surface area contributed by atoms with Crippen LogP contribution >= 0.6 is 15.9 Å². The standard InChI is InChI=1S/C15H18BrN3/c1-10-4-5-12(16)7-13(10)14-9-18-19-15(14)11-3-2-6-17-8-11/h4-5,7,9,11,17H,2-3,6,8H2,1H3,(H,18,19). The molecule has 2 N–H and O–H groups in total. The number of aromatic amines is 1. The van der Waals surface area contributed by atoms with Gasteiger partial charge >= 0.3 is 0 Å². The first-order valence-electron chi connectivity index (χ1n) is 6.76. The molecule has 0 spiro atoms. The summed E-state index contributed by atoms with van der Waals surface area (Å²) in [6, 6.07) is 6.41. The van der Waals surface area contributed by atoms with Crippen LogP contribution in [0.2, 0.25) is 0 Å². The maximum atomic E-state index is 4.28. The molecule has 1 aliphatic heterocycles. The lowest BCUT2D eigenvalue weighted by molar-refractivity contribution is 0.455. The lowest BCUT2D eigenvalue weighted by Crippen LogP contribution is -2.28. The Morgan fingerprint density at radius 2 is 2.21 bits per heavy atom. The highest BCUT2D eigenvalue weighted by Gasteiger charge is 2.21. The first kappa shape index (κ1) is 12.9. The van der Waals surface area contributed by atoms with Gasteiger partial charge in [-0.05, 0) is 49.6 Å². The number of aromatic nitrogens is 2. The average Bonchev–Trinajstić information content (AvgIpc) is 2.91. The Balaban J connectivity index is 2.01. The molecular weight excluding hydrogens is 302 g/mol. The van der Waals surface area contributed by atoms with E-state index < -0.39 is 0 Å². The van der Waals surface area contributed by atoms with Gasteiger partial charge in [0.15, 0.2) is 0 Å². The van der Waals surface area contributed by atoms with E-state index in [2.05, 4.69) is 56.6 Å². The summed E-state index contributed by atoms with van der Waals surface area (Å²) in [6.07, 6.45) is 4.43. The lowest BCUT2D eigenvalue weighted by Gasteiger charge is -2.23. The van der Waals surface area contributed by atoms with Crippen LogP contribution in [0.25, 0.3) is 11.1 Å². The van der Waals surface area contributed by atoms with Gasteiger partial charge in [0.1, 0.15) is 0 Å². The third kappa shape index (κ3) is 2.60. The minimum absolute atomic E-state index is 0.546. The van der Waals surface area contributed by atoms with E-state index >= 15 is 0 Å². The summed E-state index contributed by atoms with van der Waals surface area (Å²) < 4.78 is 1.11. The zero-order valence-electron chi connectivity index (χ0n) is 11.0. The number of benzene rings is 1. The van der Waals surface area contributed by atoms with Crippen LogP contribution in [0.4, 0.5) is 0 Å². The number of piperidine rings is 1. The summed E-state index contributed by atoms with van der Waals surface area (Å²) in [5, 5.41) is 11.0. The second kappa shape index (κ2) is 5.47. The second-order valence-electron chi connectivity index (χ2n) is 5.20. The Hall–Kier alpha value is -1.13. The van der Waals surface area contributed by atoms with E-state index in [1.54, 1.807) is 0 Å². The highest BCUT2D eigenvalue weighted by molar-refractivity contribution is 9.10. The third-order valence-electron chi connectivity index (χ3n) is 3.86. The average molecular weight is 320 g/mol. The summed E-state index contributed by atoms with van der Waals surface area (Å²) in [5.41, 5.74) is 5.07. The first-order valence-corrected chi connectivity index (χ1v) is 7.55. The number of nitrogens with one attached hydrogen (secondary N) is 2. The lowest BCUT2D eigenvalue weighted by atomic mass is 9.90. The van der Waals surface area contributed by atoms with Crippen LogP contribution in [0.3, 0.4) is 0 Å². The minimum Gasteiger partial charge on any atom is -0.316 e. The topological polar surface area (TPSA) is 40.7 Å². The van der Waals surface area contributed by atoms with Gasteiger partial charge in [0, 0.05) is 28.2 Å². The molecule has 0 radical (unpaired) electrons. The molecule has 19 heavy (non-hydrogen) atoms. The van der Waals surface area contributed by atoms with Gasteiger partial charge in [0.2, 0.25) is 0 Å². The molecule has 1 saturated heterocycles. The quantitative estimate of drug-likeness (QED) is 0.887. The number of nitrogens with zero attached hydrogens (tertiary/aromatic N) is 1. The number of hydrogen-bond acceptors (Lipinski definition) is 2. The molecule has 2 heterocycles. The summed E-state index contributed by atoms with van der Waals surface area (Å²) in [5.74, 6) is 0.546. The van der Waals surface area contributed by atoms with Crippen LogP contribution in [-0.4, -0.2) is 23.3 Å². The molecule has 1 aromatic carbocycles. The van der Waals surface area contributed by atoms with E-state index in [0.29, 0.717) is 5.92 Å². The molecule has 0 aliphatic carbocycles. The van der Waals surface area contributed by atoms with E-state index in [9.17, 15) is 0 Å². The van der Waals surface area contributed by atoms with Gasteiger partial charge < -0.3 is 5.32 Å². The molecule has 3 nitrogen and oxygen atoms in total. The fraction of sp³-hybridized carbons (Fsp3) is 0.400. The van der Waals surface area contributed by atoms with Crippen molar-refractivity contribution in [2.24, 2.45) is 0 Å². The van der Waals surface area contributed by atoms with Crippen molar-refractivity contribution in [3.05, 3.63) is 40.1 Å². The number of rotatable bonds is 2. The van der Waals surface area contributed by atoms with Crippen LogP contribution in [0.1, 0.15) is 30.0 Å². The largest absolute Gasteiger partial charge is 0.316 e. The van der Waals surface area contributed by atoms with E-state index in [0.717, 1.165) is 17.6 Å². The predicted molar refractivity (Wildman–Crippen MR) is 81.3 cm³/mol. The van der Waals surface area contributed by atoms with E-state index in [1.165, 1.54) is 35.2 Å². The molecule has 2 aromatic rings. The van der Waals surface area contributed by atoms with Crippen molar-refractivity contribution in [1.29, 1.82) is 0 Å². The molecule has 1 aromatic heterocycles. The molecule has 1 fully saturated rings. The van der Waals surface area contributed by atoms with Gasteiger partial charge in [0.05, 0.1) is 6.20 Å². The van der Waals surface area contributed by atoms with Crippen LogP contribution < -0.4 is 5.32 Å². The molecule has 1 unspecified atom stereocenters. The normalized spacial score (nSPS) is 19.6. The van der Waals surface area contributed by atoms with Crippen molar-refractivity contribution in [2.75, 3.05) is 13.1 Å². The number of halogens is 1. The van der Waals surface area contributed by atoms with Crippen molar-refractivity contribution >= 4 is 15.9 Å². The first-order chi connectivity index (χ1) is 9.25. The molecule has 1 atom stereocenters. The monoisotopic (exact) mass is 319 g/mol. The third-order valence-corrected chi connectivity index (χ3v) is 4.36. The van der Waals surface area contributed by atoms with E-state index in [4.69, 9.17) is 0 Å². The van der Waals surface area contributed by atoms with Crippen molar-refractivity contribution in [1.82, 2.24) is 15.5 Å². The van der Waals surface area contributed by atoms with Crippen LogP contribution in [-0.2, 0) is 0 Å². The smallest absolute Gasteiger partial charge is 0.0568 e. The van der Waals surface area contributed by atoms with E-state index in [1.807, 2.05) is 6.20 Å². The Bertz CT molecular complexity index is 571. The zero-order chi connectivity index (χ0) is 13.2. The molecule has 0 amide bonds. The SMILES string of the molecule is Cc1ccc(Br)cc1-c1cn[nH]c1C1CCCNC1. The predicted octanol–water partition coefficient (Wildman–Crippen LogP) is 3.61. The number of H-pyrrole nitrogens is 1. The van der Waals surface area contributed by atoms with Crippen LogP contribution in [0.5, 0.6) is 0 Å². The number of hydrogen-bond donors (Lipinski definition) is 2. The molecule has 4 heteroatoms. The summed E-state index contributed by atoms with van der Waals surface area (Å²) in [6.45, 7) is 4.33. The van der Waals surface area contributed by atoms with E-state index in [-0.39, 0.29) is 0 Å². The van der Waals surface area contributed by atoms with Crippen LogP contribution in [0, 0.1) is 6.92 Å². The zero-order valence-corrected chi connectivity index (χ0v) is 12.6. The Morgan fingerprint density at radius 3 is 3.00 bits per heavy atom. The summed E-state index contributed by atoms with van der Waals surface area (Å²) >= 11 is 3.56. The highest BCUT2D eigenvalue weighted by atomic mass is 79.9. The van der Waals surface area contributed by atoms with Crippen LogP contribution in [0.15, 0.2) is 28.9 Å². The Labute approximate surface area is 121 Å². The fourth-order valence-corrected chi connectivity index (χ4v) is 3.17. The fourth-order valence-electron chi connectivity index (χ4n) is 2.80. The second-order valence-corrected chi connectivity index (χ2v) is 6.12. The van der Waals surface area contributed by atoms with Gasteiger partial charge in [-0.25, -0.2) is 0 Å². The van der Waals surface area contributed by atoms with Crippen molar-refractivity contribution in [3.8, 4) is 11.1 Å². The summed E-state index contributed by atoms with van der Waals surface area (Å²) in [4.78, 5) is 0. The molecule has 0 bridgehead atoms. The minimum atomic E-state index is 0.546. The van der Waals surface area contributed by atoms with Crippen molar-refractivity contribution in [3.63, 3.8) is 0 Å². The van der Waals surface area contributed by atoms with Gasteiger partial charge in [-0.1, -0.05) is 22.0 Å². The molecular formula is C15H18BrN3. The highest BCUT2D eigenvalue weighted by Crippen LogP contribution is 2.34. The number of aryl methyl sites for hydroxylation is 1. The molecule has 0 saturated carbocycles. The Morgan fingerprint density at radius 1 is 1.32 bits per heavy atom. The van der Waals surface area contributed by atoms with Gasteiger partial charge in [-0.3, -0.25) is 5.10 Å². The molecule has 100 valence electrons. The van der Waals surface area contributed by atoms with Gasteiger partial charge in [-0.15, -0.1) is 0 Å². The van der Waals surface area contributed by atoms with Crippen molar-refractivity contribution < 1.29 is 0 Å². The molecule has 3 rings (SSSR count). The maximum absolute atomic E-state index is 4.28. The van der Waals surface area contributed by atoms with Gasteiger partial charge in [-0.2, -0.15) is 5.10 Å². The Kier molecular flexibility index (Phi) is 3.71.